The summed E-state index contributed by atoms with van der Waals surface area (Å²) in [6.45, 7) is 2.07. The number of imidazole rings is 1. The number of aromatic nitrogens is 2. The summed E-state index contributed by atoms with van der Waals surface area (Å²) in [5.41, 5.74) is 6.09. The lowest BCUT2D eigenvalue weighted by Crippen LogP contribution is -2.32. The van der Waals surface area contributed by atoms with Gasteiger partial charge < -0.3 is 19.8 Å². The molecule has 0 amide bonds. The number of rotatable bonds is 4. The van der Waals surface area contributed by atoms with Crippen molar-refractivity contribution in [1.29, 1.82) is 0 Å². The lowest BCUT2D eigenvalue weighted by Gasteiger charge is -2.35. The molecule has 0 aromatic carbocycles. The van der Waals surface area contributed by atoms with Crippen molar-refractivity contribution >= 4 is 11.8 Å². The fraction of sp³-hybridized carbons (Fsp3) is 0.636. The predicted molar refractivity (Wildman–Crippen MR) is 61.7 cm³/mol. The van der Waals surface area contributed by atoms with Crippen LogP contribution in [0, 0.1) is 0 Å². The number of nitrogen functional groups attached to an aromatic ring is 1. The number of nitrogens with zero attached hydrogens (tertiary/aromatic N) is 2. The van der Waals surface area contributed by atoms with E-state index in [1.165, 1.54) is 0 Å². The van der Waals surface area contributed by atoms with Crippen LogP contribution in [0.4, 0.5) is 5.82 Å². The highest BCUT2D eigenvalue weighted by molar-refractivity contribution is 5.92. The Hall–Kier alpha value is -1.56. The van der Waals surface area contributed by atoms with Gasteiger partial charge in [0.1, 0.15) is 5.82 Å². The van der Waals surface area contributed by atoms with Gasteiger partial charge in [-0.3, -0.25) is 0 Å². The minimum Gasteiger partial charge on any atom is -0.461 e. The van der Waals surface area contributed by atoms with E-state index in [0.29, 0.717) is 12.4 Å². The van der Waals surface area contributed by atoms with Crippen LogP contribution in [0.2, 0.25) is 0 Å². The number of nitrogens with two attached hydrogens (primary N) is 1. The average Bonchev–Trinajstić information content (AvgIpc) is 2.60. The molecule has 6 heteroatoms. The Kier molecular flexibility index (Phi) is 3.33. The molecule has 1 saturated carbocycles. The monoisotopic (exact) mass is 239 g/mol. The van der Waals surface area contributed by atoms with Gasteiger partial charge in [0.15, 0.2) is 5.69 Å². The summed E-state index contributed by atoms with van der Waals surface area (Å²) in [4.78, 5) is 15.5. The molecule has 0 atom stereocenters. The number of hydrogen-bond donors (Lipinski definition) is 1. The standard InChI is InChI=1S/C11H17N3O3/c1-3-17-11(15)9-10(12)14(6-13-9)7-4-8(5-7)16-2/h6-8H,3-5,12H2,1-2H3. The molecule has 1 fully saturated rings. The van der Waals surface area contributed by atoms with E-state index in [4.69, 9.17) is 15.2 Å². The molecule has 1 heterocycles. The number of carbonyl (C=O) groups excluding carboxylic acids is 1. The first kappa shape index (κ1) is 11.9. The summed E-state index contributed by atoms with van der Waals surface area (Å²) < 4.78 is 11.9. The van der Waals surface area contributed by atoms with Crippen LogP contribution in [-0.4, -0.2) is 35.3 Å². The van der Waals surface area contributed by atoms with Crippen LogP contribution >= 0.6 is 0 Å². The fourth-order valence-electron chi connectivity index (χ4n) is 1.98. The number of ether oxygens (including phenoxy) is 2. The van der Waals surface area contributed by atoms with Crippen molar-refractivity contribution in [3.63, 3.8) is 0 Å². The largest absolute Gasteiger partial charge is 0.461 e. The maximum atomic E-state index is 11.5. The van der Waals surface area contributed by atoms with Crippen molar-refractivity contribution in [2.45, 2.75) is 31.9 Å². The summed E-state index contributed by atoms with van der Waals surface area (Å²) in [5, 5.41) is 0. The second-order valence-corrected chi connectivity index (χ2v) is 4.09. The quantitative estimate of drug-likeness (QED) is 0.793. The van der Waals surface area contributed by atoms with E-state index in [9.17, 15) is 4.79 Å². The highest BCUT2D eigenvalue weighted by Crippen LogP contribution is 2.36. The van der Waals surface area contributed by atoms with Crippen molar-refractivity contribution < 1.29 is 14.3 Å². The van der Waals surface area contributed by atoms with Gasteiger partial charge in [0, 0.05) is 13.2 Å². The summed E-state index contributed by atoms with van der Waals surface area (Å²) >= 11 is 0. The highest BCUT2D eigenvalue weighted by atomic mass is 16.5. The minimum absolute atomic E-state index is 0.202. The third kappa shape index (κ3) is 2.12. The van der Waals surface area contributed by atoms with Gasteiger partial charge in [-0.15, -0.1) is 0 Å². The van der Waals surface area contributed by atoms with Crippen molar-refractivity contribution in [3.8, 4) is 0 Å². The Bertz CT molecular complexity index is 410. The van der Waals surface area contributed by atoms with Gasteiger partial charge in [-0.2, -0.15) is 0 Å². The maximum absolute atomic E-state index is 11.5. The first-order valence-corrected chi connectivity index (χ1v) is 5.69. The van der Waals surface area contributed by atoms with Crippen LogP contribution in [0.5, 0.6) is 0 Å². The molecule has 0 saturated heterocycles. The molecule has 1 aromatic heterocycles. The fourth-order valence-corrected chi connectivity index (χ4v) is 1.98. The van der Waals surface area contributed by atoms with Crippen molar-refractivity contribution in [3.05, 3.63) is 12.0 Å². The molecule has 6 nitrogen and oxygen atoms in total. The van der Waals surface area contributed by atoms with Crippen LogP contribution < -0.4 is 5.73 Å². The zero-order valence-electron chi connectivity index (χ0n) is 10.0. The Labute approximate surface area is 99.7 Å². The van der Waals surface area contributed by atoms with Crippen LogP contribution in [0.15, 0.2) is 6.33 Å². The summed E-state index contributed by atoms with van der Waals surface area (Å²) in [6, 6.07) is 0.274. The molecule has 94 valence electrons. The van der Waals surface area contributed by atoms with E-state index >= 15 is 0 Å². The van der Waals surface area contributed by atoms with Gasteiger partial charge in [-0.25, -0.2) is 9.78 Å². The van der Waals surface area contributed by atoms with Gasteiger partial charge in [0.25, 0.3) is 0 Å². The van der Waals surface area contributed by atoms with E-state index in [2.05, 4.69) is 4.98 Å². The lowest BCUT2D eigenvalue weighted by molar-refractivity contribution is 0.00676. The Morgan fingerprint density at radius 3 is 2.94 bits per heavy atom. The number of carbonyl (C=O) groups is 1. The molecular weight excluding hydrogens is 222 g/mol. The summed E-state index contributed by atoms with van der Waals surface area (Å²) in [7, 11) is 1.70. The van der Waals surface area contributed by atoms with E-state index in [0.717, 1.165) is 12.8 Å². The van der Waals surface area contributed by atoms with E-state index in [-0.39, 0.29) is 17.8 Å². The zero-order chi connectivity index (χ0) is 12.4. The second kappa shape index (κ2) is 4.75. The zero-order valence-corrected chi connectivity index (χ0v) is 10.0. The number of esters is 1. The van der Waals surface area contributed by atoms with Crippen LogP contribution in [0.1, 0.15) is 36.3 Å². The molecule has 0 aliphatic heterocycles. The minimum atomic E-state index is -0.466. The summed E-state index contributed by atoms with van der Waals surface area (Å²) in [5.74, 6) is -0.0885. The number of anilines is 1. The van der Waals surface area contributed by atoms with Gasteiger partial charge in [0.2, 0.25) is 0 Å². The van der Waals surface area contributed by atoms with E-state index in [1.54, 1.807) is 20.4 Å². The normalized spacial score (nSPS) is 23.2. The second-order valence-electron chi connectivity index (χ2n) is 4.09. The smallest absolute Gasteiger partial charge is 0.360 e. The van der Waals surface area contributed by atoms with Crippen molar-refractivity contribution in [2.24, 2.45) is 0 Å². The van der Waals surface area contributed by atoms with Gasteiger partial charge in [-0.1, -0.05) is 0 Å². The van der Waals surface area contributed by atoms with Crippen LogP contribution in [0.3, 0.4) is 0 Å². The lowest BCUT2D eigenvalue weighted by atomic mass is 9.89. The average molecular weight is 239 g/mol. The third-order valence-corrected chi connectivity index (χ3v) is 3.10. The SMILES string of the molecule is CCOC(=O)c1ncn(C2CC(OC)C2)c1N. The van der Waals surface area contributed by atoms with Gasteiger partial charge >= 0.3 is 5.97 Å². The van der Waals surface area contributed by atoms with E-state index < -0.39 is 5.97 Å². The van der Waals surface area contributed by atoms with E-state index in [1.807, 2.05) is 4.57 Å². The molecule has 0 bridgehead atoms. The Morgan fingerprint density at radius 2 is 2.35 bits per heavy atom. The molecular formula is C11H17N3O3. The number of hydrogen-bond acceptors (Lipinski definition) is 5. The molecule has 2 rings (SSSR count). The first-order chi connectivity index (χ1) is 8.17. The van der Waals surface area contributed by atoms with Gasteiger partial charge in [-0.05, 0) is 19.8 Å². The predicted octanol–water partition coefficient (Wildman–Crippen LogP) is 0.992. The molecule has 0 spiro atoms. The molecule has 0 radical (unpaired) electrons. The van der Waals surface area contributed by atoms with Gasteiger partial charge in [0.05, 0.1) is 19.0 Å². The molecule has 0 unspecified atom stereocenters. The molecule has 1 aliphatic carbocycles. The highest BCUT2D eigenvalue weighted by Gasteiger charge is 2.32. The maximum Gasteiger partial charge on any atom is 0.360 e. The number of methoxy groups -OCH3 is 1. The van der Waals surface area contributed by atoms with Crippen LogP contribution in [-0.2, 0) is 9.47 Å². The van der Waals surface area contributed by atoms with Crippen LogP contribution in [0.25, 0.3) is 0 Å². The van der Waals surface area contributed by atoms with Crippen molar-refractivity contribution in [1.82, 2.24) is 9.55 Å². The molecule has 1 aromatic rings. The molecule has 2 N–H and O–H groups in total. The topological polar surface area (TPSA) is 79.4 Å². The van der Waals surface area contributed by atoms with Crippen molar-refractivity contribution in [2.75, 3.05) is 19.5 Å². The molecule has 1 aliphatic rings. The molecule has 17 heavy (non-hydrogen) atoms. The Morgan fingerprint density at radius 1 is 1.65 bits per heavy atom. The first-order valence-electron chi connectivity index (χ1n) is 5.69. The third-order valence-electron chi connectivity index (χ3n) is 3.10. The summed E-state index contributed by atoms with van der Waals surface area (Å²) in [6.07, 6.45) is 3.68. The Balaban J connectivity index is 2.08.